The Morgan fingerprint density at radius 3 is 2.50 bits per heavy atom. The smallest absolute Gasteiger partial charge is 0.191 e. The molecule has 2 rings (SSSR count). The van der Waals surface area contributed by atoms with Crippen molar-refractivity contribution in [2.45, 2.75) is 6.92 Å². The van der Waals surface area contributed by atoms with Crippen LogP contribution in [0.2, 0.25) is 5.02 Å². The molecule has 0 bridgehead atoms. The van der Waals surface area contributed by atoms with Crippen LogP contribution in [0.3, 0.4) is 0 Å². The molecule has 0 saturated carbocycles. The number of methoxy groups -OCH3 is 1. The van der Waals surface area contributed by atoms with E-state index in [1.54, 1.807) is 7.11 Å². The highest BCUT2D eigenvalue weighted by Crippen LogP contribution is 2.22. The van der Waals surface area contributed by atoms with Crippen molar-refractivity contribution < 1.29 is 4.74 Å². The van der Waals surface area contributed by atoms with Crippen molar-refractivity contribution in [1.29, 1.82) is 0 Å². The number of rotatable bonds is 4. The lowest BCUT2D eigenvalue weighted by atomic mass is 10.1. The van der Waals surface area contributed by atoms with Crippen LogP contribution < -0.4 is 15.5 Å². The summed E-state index contributed by atoms with van der Waals surface area (Å²) >= 11 is 11.1. The number of para-hydroxylation sites is 2. The molecular weight excluding hydrogens is 318 g/mol. The van der Waals surface area contributed by atoms with Crippen molar-refractivity contribution in [2.24, 2.45) is 5.10 Å². The maximum absolute atomic E-state index is 5.86. The van der Waals surface area contributed by atoms with Gasteiger partial charge in [-0.3, -0.25) is 5.43 Å². The zero-order valence-corrected chi connectivity index (χ0v) is 13.8. The number of thiocarbonyl (C=S) groups is 1. The Balaban J connectivity index is 2.00. The van der Waals surface area contributed by atoms with E-state index in [0.29, 0.717) is 15.9 Å². The van der Waals surface area contributed by atoms with Crippen molar-refractivity contribution in [3.63, 3.8) is 0 Å². The van der Waals surface area contributed by atoms with Crippen LogP contribution in [-0.2, 0) is 0 Å². The molecule has 0 aliphatic rings. The first-order valence-corrected chi connectivity index (χ1v) is 7.39. The number of anilines is 1. The van der Waals surface area contributed by atoms with Crippen molar-refractivity contribution in [3.05, 3.63) is 59.1 Å². The zero-order valence-electron chi connectivity index (χ0n) is 12.3. The summed E-state index contributed by atoms with van der Waals surface area (Å²) in [7, 11) is 1.61. The number of ether oxygens (including phenoxy) is 1. The molecule has 0 atom stereocenters. The first-order chi connectivity index (χ1) is 10.6. The van der Waals surface area contributed by atoms with Crippen molar-refractivity contribution >= 4 is 40.3 Å². The van der Waals surface area contributed by atoms with Crippen LogP contribution >= 0.6 is 23.8 Å². The van der Waals surface area contributed by atoms with Crippen LogP contribution in [0.25, 0.3) is 0 Å². The predicted octanol–water partition coefficient (Wildman–Crippen LogP) is 4.06. The van der Waals surface area contributed by atoms with Gasteiger partial charge in [0.15, 0.2) is 5.11 Å². The van der Waals surface area contributed by atoms with E-state index in [0.717, 1.165) is 17.0 Å². The monoisotopic (exact) mass is 333 g/mol. The van der Waals surface area contributed by atoms with Crippen molar-refractivity contribution in [2.75, 3.05) is 12.4 Å². The number of nitrogens with one attached hydrogen (secondary N) is 2. The van der Waals surface area contributed by atoms with Gasteiger partial charge in [-0.05, 0) is 49.0 Å². The lowest BCUT2D eigenvalue weighted by molar-refractivity contribution is 0.417. The molecule has 0 spiro atoms. The SMILES string of the molecule is COc1ccccc1NC(=S)NN=C(C)c1ccc(Cl)cc1. The standard InChI is InChI=1S/C16H16ClN3OS/c1-11(12-7-9-13(17)10-8-12)19-20-16(22)18-14-5-3-4-6-15(14)21-2/h3-10H,1-2H3,(H2,18,20,22). The quantitative estimate of drug-likeness (QED) is 0.503. The van der Waals surface area contributed by atoms with Crippen LogP contribution in [0.1, 0.15) is 12.5 Å². The number of benzene rings is 2. The van der Waals surface area contributed by atoms with E-state index in [-0.39, 0.29) is 0 Å². The fraction of sp³-hybridized carbons (Fsp3) is 0.125. The van der Waals surface area contributed by atoms with Crippen LogP contribution in [0, 0.1) is 0 Å². The minimum Gasteiger partial charge on any atom is -0.495 e. The van der Waals surface area contributed by atoms with Gasteiger partial charge in [0.05, 0.1) is 18.5 Å². The molecule has 0 saturated heterocycles. The van der Waals surface area contributed by atoms with Gasteiger partial charge >= 0.3 is 0 Å². The van der Waals surface area contributed by atoms with Crippen molar-refractivity contribution in [3.8, 4) is 5.75 Å². The van der Waals surface area contributed by atoms with Gasteiger partial charge < -0.3 is 10.1 Å². The second-order valence-electron chi connectivity index (χ2n) is 4.47. The molecule has 0 unspecified atom stereocenters. The minimum absolute atomic E-state index is 0.387. The van der Waals surface area contributed by atoms with E-state index in [2.05, 4.69) is 15.8 Å². The fourth-order valence-electron chi connectivity index (χ4n) is 1.79. The highest BCUT2D eigenvalue weighted by atomic mass is 35.5. The highest BCUT2D eigenvalue weighted by Gasteiger charge is 2.03. The largest absolute Gasteiger partial charge is 0.495 e. The van der Waals surface area contributed by atoms with Crippen LogP contribution in [-0.4, -0.2) is 17.9 Å². The van der Waals surface area contributed by atoms with E-state index >= 15 is 0 Å². The maximum atomic E-state index is 5.86. The van der Waals surface area contributed by atoms with E-state index in [1.807, 2.05) is 55.5 Å². The minimum atomic E-state index is 0.387. The summed E-state index contributed by atoms with van der Waals surface area (Å²) in [5.74, 6) is 0.713. The lowest BCUT2D eigenvalue weighted by Gasteiger charge is -2.11. The molecule has 114 valence electrons. The van der Waals surface area contributed by atoms with Crippen LogP contribution in [0.15, 0.2) is 53.6 Å². The number of hydrogen-bond donors (Lipinski definition) is 2. The topological polar surface area (TPSA) is 45.6 Å². The average Bonchev–Trinajstić information content (AvgIpc) is 2.54. The third kappa shape index (κ3) is 4.44. The fourth-order valence-corrected chi connectivity index (χ4v) is 2.07. The van der Waals surface area contributed by atoms with E-state index in [4.69, 9.17) is 28.6 Å². The average molecular weight is 334 g/mol. The molecule has 2 aromatic rings. The Morgan fingerprint density at radius 2 is 1.82 bits per heavy atom. The molecule has 2 N–H and O–H groups in total. The first kappa shape index (κ1) is 16.3. The van der Waals surface area contributed by atoms with E-state index in [9.17, 15) is 0 Å². The number of halogens is 1. The Bertz CT molecular complexity index is 686. The molecule has 6 heteroatoms. The lowest BCUT2D eigenvalue weighted by Crippen LogP contribution is -2.25. The molecular formula is C16H16ClN3OS. The molecule has 0 aromatic heterocycles. The number of hydrazone groups is 1. The predicted molar refractivity (Wildman–Crippen MR) is 96.0 cm³/mol. The Kier molecular flexibility index (Phi) is 5.75. The van der Waals surface area contributed by atoms with Gasteiger partial charge in [0, 0.05) is 5.02 Å². The second-order valence-corrected chi connectivity index (χ2v) is 5.32. The van der Waals surface area contributed by atoms with E-state index in [1.165, 1.54) is 0 Å². The summed E-state index contributed by atoms with van der Waals surface area (Å²) in [6.45, 7) is 1.89. The van der Waals surface area contributed by atoms with Gasteiger partial charge in [0.1, 0.15) is 5.75 Å². The third-order valence-electron chi connectivity index (χ3n) is 2.94. The number of hydrogen-bond acceptors (Lipinski definition) is 3. The summed E-state index contributed by atoms with van der Waals surface area (Å²) in [5.41, 5.74) is 5.37. The molecule has 0 heterocycles. The van der Waals surface area contributed by atoms with E-state index < -0.39 is 0 Å². The van der Waals surface area contributed by atoms with Crippen molar-refractivity contribution in [1.82, 2.24) is 5.43 Å². The van der Waals surface area contributed by atoms with Gasteiger partial charge in [-0.1, -0.05) is 35.9 Å². The number of nitrogens with zero attached hydrogens (tertiary/aromatic N) is 1. The van der Waals surface area contributed by atoms with Gasteiger partial charge in [0.25, 0.3) is 0 Å². The van der Waals surface area contributed by atoms with Gasteiger partial charge in [-0.2, -0.15) is 5.10 Å². The molecule has 0 aliphatic carbocycles. The van der Waals surface area contributed by atoms with Gasteiger partial charge in [0.2, 0.25) is 0 Å². The Morgan fingerprint density at radius 1 is 1.14 bits per heavy atom. The molecule has 0 amide bonds. The van der Waals surface area contributed by atoms with Crippen LogP contribution in [0.5, 0.6) is 5.75 Å². The molecule has 4 nitrogen and oxygen atoms in total. The summed E-state index contributed by atoms with van der Waals surface area (Å²) in [4.78, 5) is 0. The zero-order chi connectivity index (χ0) is 15.9. The van der Waals surface area contributed by atoms with Gasteiger partial charge in [-0.15, -0.1) is 0 Å². The highest BCUT2D eigenvalue weighted by molar-refractivity contribution is 7.80. The summed E-state index contributed by atoms with van der Waals surface area (Å²) < 4.78 is 5.25. The Labute approximate surface area is 140 Å². The molecule has 0 fully saturated rings. The maximum Gasteiger partial charge on any atom is 0.191 e. The normalized spacial score (nSPS) is 11.0. The van der Waals surface area contributed by atoms with Crippen LogP contribution in [0.4, 0.5) is 5.69 Å². The summed E-state index contributed by atoms with van der Waals surface area (Å²) in [6, 6.07) is 15.0. The molecule has 22 heavy (non-hydrogen) atoms. The molecule has 0 aliphatic heterocycles. The molecule has 2 aromatic carbocycles. The molecule has 0 radical (unpaired) electrons. The Hall–Kier alpha value is -2.11. The third-order valence-corrected chi connectivity index (χ3v) is 3.39. The summed E-state index contributed by atoms with van der Waals surface area (Å²) in [6.07, 6.45) is 0. The van der Waals surface area contributed by atoms with Gasteiger partial charge in [-0.25, -0.2) is 0 Å². The summed E-state index contributed by atoms with van der Waals surface area (Å²) in [5, 5.41) is 8.38. The first-order valence-electron chi connectivity index (χ1n) is 6.60. The second kappa shape index (κ2) is 7.77.